The predicted octanol–water partition coefficient (Wildman–Crippen LogP) is 2.59. The van der Waals surface area contributed by atoms with Crippen molar-refractivity contribution in [3.63, 3.8) is 0 Å². The second kappa shape index (κ2) is 7.11. The van der Waals surface area contributed by atoms with Gasteiger partial charge in [-0.3, -0.25) is 0 Å². The zero-order valence-corrected chi connectivity index (χ0v) is 14.8. The molecule has 6 nitrogen and oxygen atoms in total. The van der Waals surface area contributed by atoms with E-state index in [1.54, 1.807) is 0 Å². The Morgan fingerprint density at radius 2 is 1.83 bits per heavy atom. The van der Waals surface area contributed by atoms with Crippen LogP contribution in [-0.2, 0) is 7.05 Å². The number of anilines is 1. The molecule has 1 saturated heterocycles. The Labute approximate surface area is 143 Å². The lowest BCUT2D eigenvalue weighted by Gasteiger charge is -2.35. The van der Waals surface area contributed by atoms with Crippen molar-refractivity contribution >= 4 is 23.0 Å². The van der Waals surface area contributed by atoms with Crippen LogP contribution >= 0.6 is 0 Å². The first-order valence-electron chi connectivity index (χ1n) is 8.85. The fraction of sp³-hybridized carbons (Fsp3) is 0.556. The number of nitrogens with zero attached hydrogens (tertiary/aromatic N) is 4. The number of aromatic nitrogens is 2. The molecule has 1 N–H and O–H groups in total. The molecule has 0 unspecified atom stereocenters. The maximum atomic E-state index is 12.4. The van der Waals surface area contributed by atoms with Gasteiger partial charge in [0.2, 0.25) is 5.95 Å². The third-order valence-electron chi connectivity index (χ3n) is 4.93. The van der Waals surface area contributed by atoms with Crippen LogP contribution in [0.2, 0.25) is 0 Å². The minimum absolute atomic E-state index is 0.0633. The Morgan fingerprint density at radius 1 is 1.17 bits per heavy atom. The summed E-state index contributed by atoms with van der Waals surface area (Å²) in [6.07, 6.45) is 1.95. The Morgan fingerprint density at radius 3 is 2.46 bits per heavy atom. The monoisotopic (exact) mass is 329 g/mol. The van der Waals surface area contributed by atoms with E-state index in [1.165, 1.54) is 0 Å². The smallest absolute Gasteiger partial charge is 0.317 e. The van der Waals surface area contributed by atoms with Gasteiger partial charge in [0.25, 0.3) is 0 Å². The number of piperazine rings is 1. The number of imidazole rings is 1. The van der Waals surface area contributed by atoms with Crippen LogP contribution in [0, 0.1) is 0 Å². The number of rotatable bonds is 4. The first-order valence-corrected chi connectivity index (χ1v) is 8.85. The van der Waals surface area contributed by atoms with Crippen molar-refractivity contribution in [2.24, 2.45) is 7.05 Å². The number of nitrogens with one attached hydrogen (secondary N) is 1. The Balaban J connectivity index is 1.64. The molecule has 6 heteroatoms. The van der Waals surface area contributed by atoms with Gasteiger partial charge < -0.3 is 19.7 Å². The van der Waals surface area contributed by atoms with Crippen LogP contribution in [0.4, 0.5) is 10.7 Å². The molecule has 2 amide bonds. The van der Waals surface area contributed by atoms with E-state index in [1.807, 2.05) is 23.1 Å². The van der Waals surface area contributed by atoms with Crippen LogP contribution < -0.4 is 10.2 Å². The molecular weight excluding hydrogens is 302 g/mol. The lowest BCUT2D eigenvalue weighted by molar-refractivity contribution is 0.189. The molecule has 3 rings (SSSR count). The number of amides is 2. The summed E-state index contributed by atoms with van der Waals surface area (Å²) in [6, 6.07) is 8.51. The molecule has 0 atom stereocenters. The number of hydrogen-bond acceptors (Lipinski definition) is 3. The number of carbonyl (C=O) groups is 1. The summed E-state index contributed by atoms with van der Waals surface area (Å²) in [4.78, 5) is 21.3. The molecule has 24 heavy (non-hydrogen) atoms. The van der Waals surface area contributed by atoms with Crippen molar-refractivity contribution < 1.29 is 4.79 Å². The third kappa shape index (κ3) is 3.18. The molecular formula is C18H27N5O. The first kappa shape index (κ1) is 16.6. The summed E-state index contributed by atoms with van der Waals surface area (Å²) in [5.74, 6) is 0.983. The number of aryl methyl sites for hydroxylation is 1. The molecule has 1 aromatic carbocycles. The molecule has 0 spiro atoms. The van der Waals surface area contributed by atoms with Crippen molar-refractivity contribution in [3.8, 4) is 0 Å². The second-order valence-electron chi connectivity index (χ2n) is 6.40. The Hall–Kier alpha value is -2.24. The van der Waals surface area contributed by atoms with E-state index in [0.29, 0.717) is 0 Å². The van der Waals surface area contributed by atoms with Gasteiger partial charge in [-0.2, -0.15) is 0 Å². The number of fused-ring (bicyclic) bond motifs is 1. The molecule has 0 bridgehead atoms. The van der Waals surface area contributed by atoms with Crippen LogP contribution in [0.1, 0.15) is 26.7 Å². The topological polar surface area (TPSA) is 53.4 Å². The molecule has 0 aliphatic carbocycles. The number of hydrogen-bond donors (Lipinski definition) is 1. The number of para-hydroxylation sites is 2. The van der Waals surface area contributed by atoms with E-state index in [2.05, 4.69) is 41.7 Å². The summed E-state index contributed by atoms with van der Waals surface area (Å²) in [5, 5.41) is 3.12. The highest BCUT2D eigenvalue weighted by Crippen LogP contribution is 2.22. The van der Waals surface area contributed by atoms with E-state index >= 15 is 0 Å². The van der Waals surface area contributed by atoms with Gasteiger partial charge in [-0.25, -0.2) is 9.78 Å². The maximum Gasteiger partial charge on any atom is 0.317 e. The lowest BCUT2D eigenvalue weighted by atomic mass is 10.2. The van der Waals surface area contributed by atoms with Crippen molar-refractivity contribution in [1.29, 1.82) is 0 Å². The van der Waals surface area contributed by atoms with E-state index in [4.69, 9.17) is 4.98 Å². The molecule has 1 aliphatic heterocycles. The van der Waals surface area contributed by atoms with Crippen LogP contribution in [0.5, 0.6) is 0 Å². The molecule has 130 valence electrons. The van der Waals surface area contributed by atoms with Crippen LogP contribution in [0.3, 0.4) is 0 Å². The fourth-order valence-corrected chi connectivity index (χ4v) is 3.28. The summed E-state index contributed by atoms with van der Waals surface area (Å²) in [7, 11) is 2.05. The molecule has 0 radical (unpaired) electrons. The van der Waals surface area contributed by atoms with Crippen LogP contribution in [0.25, 0.3) is 11.0 Å². The number of urea groups is 1. The van der Waals surface area contributed by atoms with Gasteiger partial charge in [-0.1, -0.05) is 26.0 Å². The van der Waals surface area contributed by atoms with Gasteiger partial charge in [0.1, 0.15) is 0 Å². The predicted molar refractivity (Wildman–Crippen MR) is 97.4 cm³/mol. The van der Waals surface area contributed by atoms with Gasteiger partial charge in [0.05, 0.1) is 11.0 Å². The van der Waals surface area contributed by atoms with E-state index in [9.17, 15) is 4.79 Å². The second-order valence-corrected chi connectivity index (χ2v) is 6.40. The normalized spacial score (nSPS) is 15.3. The minimum Gasteiger partial charge on any atom is -0.339 e. The lowest BCUT2D eigenvalue weighted by Crippen LogP contribution is -2.53. The van der Waals surface area contributed by atoms with E-state index < -0.39 is 0 Å². The van der Waals surface area contributed by atoms with Crippen molar-refractivity contribution in [1.82, 2.24) is 19.8 Å². The molecule has 1 fully saturated rings. The van der Waals surface area contributed by atoms with Crippen molar-refractivity contribution in [3.05, 3.63) is 24.3 Å². The zero-order chi connectivity index (χ0) is 17.1. The van der Waals surface area contributed by atoms with E-state index in [-0.39, 0.29) is 12.1 Å². The molecule has 2 aromatic rings. The number of benzene rings is 1. The van der Waals surface area contributed by atoms with E-state index in [0.717, 1.165) is 56.0 Å². The average Bonchev–Trinajstić information content (AvgIpc) is 2.97. The largest absolute Gasteiger partial charge is 0.339 e. The van der Waals surface area contributed by atoms with Crippen molar-refractivity contribution in [2.45, 2.75) is 32.7 Å². The first-order chi connectivity index (χ1) is 11.6. The standard InChI is InChI=1S/C18H27N5O/c1-4-14(5-2)19-18(24)23-12-10-22(11-13-23)17-20-15-8-6-7-9-16(15)21(17)3/h6-9,14H,4-5,10-13H2,1-3H3,(H,19,24). The average molecular weight is 329 g/mol. The van der Waals surface area contributed by atoms with Gasteiger partial charge in [0, 0.05) is 39.3 Å². The Kier molecular flexibility index (Phi) is 4.92. The summed E-state index contributed by atoms with van der Waals surface area (Å²) >= 11 is 0. The fourth-order valence-electron chi connectivity index (χ4n) is 3.28. The molecule has 0 saturated carbocycles. The van der Waals surface area contributed by atoms with Crippen LogP contribution in [-0.4, -0.2) is 52.7 Å². The van der Waals surface area contributed by atoms with Gasteiger partial charge in [-0.15, -0.1) is 0 Å². The summed E-state index contributed by atoms with van der Waals surface area (Å²) < 4.78 is 2.13. The van der Waals surface area contributed by atoms with Crippen molar-refractivity contribution in [2.75, 3.05) is 31.1 Å². The zero-order valence-electron chi connectivity index (χ0n) is 14.8. The number of carbonyl (C=O) groups excluding carboxylic acids is 1. The summed E-state index contributed by atoms with van der Waals surface area (Å²) in [5.41, 5.74) is 2.16. The molecule has 1 aliphatic rings. The van der Waals surface area contributed by atoms with Gasteiger partial charge in [0.15, 0.2) is 0 Å². The van der Waals surface area contributed by atoms with Gasteiger partial charge >= 0.3 is 6.03 Å². The highest BCUT2D eigenvalue weighted by atomic mass is 16.2. The highest BCUT2D eigenvalue weighted by molar-refractivity contribution is 5.79. The van der Waals surface area contributed by atoms with Gasteiger partial charge in [-0.05, 0) is 25.0 Å². The highest BCUT2D eigenvalue weighted by Gasteiger charge is 2.24. The SMILES string of the molecule is CCC(CC)NC(=O)N1CCN(c2nc3ccccc3n2C)CC1. The molecule has 2 heterocycles. The minimum atomic E-state index is 0.0633. The quantitative estimate of drug-likeness (QED) is 0.938. The van der Waals surface area contributed by atoms with Crippen LogP contribution in [0.15, 0.2) is 24.3 Å². The Bertz CT molecular complexity index is 698. The molecule has 1 aromatic heterocycles. The third-order valence-corrected chi connectivity index (χ3v) is 4.93. The summed E-state index contributed by atoms with van der Waals surface area (Å²) in [6.45, 7) is 7.31. The maximum absolute atomic E-state index is 12.4.